The third-order valence-electron chi connectivity index (χ3n) is 5.59. The Morgan fingerprint density at radius 1 is 0.938 bits per heavy atom. The van der Waals surface area contributed by atoms with Gasteiger partial charge in [-0.15, -0.1) is 0 Å². The van der Waals surface area contributed by atoms with Crippen molar-refractivity contribution in [3.8, 4) is 11.5 Å². The maximum absolute atomic E-state index is 12.8. The second-order valence-electron chi connectivity index (χ2n) is 7.82. The molecule has 8 nitrogen and oxygen atoms in total. The zero-order valence-electron chi connectivity index (χ0n) is 18.5. The highest BCUT2D eigenvalue weighted by Gasteiger charge is 2.27. The molecule has 9 heteroatoms. The molecule has 32 heavy (non-hydrogen) atoms. The quantitative estimate of drug-likeness (QED) is 0.533. The van der Waals surface area contributed by atoms with E-state index in [1.165, 1.54) is 31.9 Å². The zero-order valence-corrected chi connectivity index (χ0v) is 19.3. The van der Waals surface area contributed by atoms with Crippen LogP contribution in [0.25, 0.3) is 0 Å². The van der Waals surface area contributed by atoms with Crippen molar-refractivity contribution in [1.82, 2.24) is 15.4 Å². The molecule has 0 spiro atoms. The number of nitrogens with one attached hydrogen (secondary N) is 3. The van der Waals surface area contributed by atoms with Crippen LogP contribution in [0.5, 0.6) is 11.5 Å². The molecule has 2 aromatic carbocycles. The van der Waals surface area contributed by atoms with Crippen molar-refractivity contribution in [3.05, 3.63) is 54.1 Å². The number of hydrogen-bond donors (Lipinski definition) is 3. The summed E-state index contributed by atoms with van der Waals surface area (Å²) in [6, 6.07) is 14.2. The van der Waals surface area contributed by atoms with Crippen molar-refractivity contribution in [2.45, 2.75) is 49.1 Å². The van der Waals surface area contributed by atoms with Crippen LogP contribution < -0.4 is 24.8 Å². The fourth-order valence-corrected chi connectivity index (χ4v) is 5.15. The van der Waals surface area contributed by atoms with E-state index in [0.29, 0.717) is 43.7 Å². The van der Waals surface area contributed by atoms with Gasteiger partial charge in [-0.05, 0) is 49.8 Å². The predicted molar refractivity (Wildman–Crippen MR) is 123 cm³/mol. The highest BCUT2D eigenvalue weighted by Crippen LogP contribution is 2.30. The van der Waals surface area contributed by atoms with E-state index in [-0.39, 0.29) is 23.0 Å². The first-order chi connectivity index (χ1) is 15.4. The number of carbonyl (C=O) groups excluding carboxylic acids is 1. The highest BCUT2D eigenvalue weighted by molar-refractivity contribution is 7.89. The second-order valence-corrected chi connectivity index (χ2v) is 9.54. The van der Waals surface area contributed by atoms with E-state index in [1.807, 2.05) is 30.3 Å². The molecule has 0 saturated heterocycles. The third-order valence-corrected chi connectivity index (χ3v) is 7.11. The van der Waals surface area contributed by atoms with Gasteiger partial charge in [0.25, 0.3) is 0 Å². The Kier molecular flexibility index (Phi) is 8.35. The van der Waals surface area contributed by atoms with E-state index in [9.17, 15) is 13.2 Å². The minimum atomic E-state index is -3.68. The summed E-state index contributed by atoms with van der Waals surface area (Å²) in [5.74, 6) is 0.835. The molecule has 1 aliphatic carbocycles. The largest absolute Gasteiger partial charge is 0.493 e. The number of hydrogen-bond acceptors (Lipinski definition) is 5. The lowest BCUT2D eigenvalue weighted by Crippen LogP contribution is -2.47. The standard InChI is InChI=1S/C23H31N3O5S/c1-30-21-13-12-20(16-22(21)31-2)32(28,29)26-19-10-8-18(9-11-19)25-23(27)24-15-14-17-6-4-3-5-7-17/h3-7,12-13,16,18-19,26H,8-11,14-15H2,1-2H3,(H2,24,25,27). The van der Waals surface area contributed by atoms with Crippen LogP contribution in [0.3, 0.4) is 0 Å². The van der Waals surface area contributed by atoms with Gasteiger partial charge < -0.3 is 20.1 Å². The van der Waals surface area contributed by atoms with Crippen molar-refractivity contribution in [3.63, 3.8) is 0 Å². The van der Waals surface area contributed by atoms with Gasteiger partial charge in [0.15, 0.2) is 11.5 Å². The van der Waals surface area contributed by atoms with Crippen LogP contribution >= 0.6 is 0 Å². The van der Waals surface area contributed by atoms with Crippen molar-refractivity contribution >= 4 is 16.1 Å². The molecule has 0 unspecified atom stereocenters. The molecule has 1 fully saturated rings. The van der Waals surface area contributed by atoms with Crippen molar-refractivity contribution in [2.75, 3.05) is 20.8 Å². The van der Waals surface area contributed by atoms with Gasteiger partial charge in [-0.25, -0.2) is 17.9 Å². The number of methoxy groups -OCH3 is 2. The third kappa shape index (κ3) is 6.61. The van der Waals surface area contributed by atoms with E-state index < -0.39 is 10.0 Å². The molecule has 174 valence electrons. The molecule has 2 aromatic rings. The summed E-state index contributed by atoms with van der Waals surface area (Å²) >= 11 is 0. The van der Waals surface area contributed by atoms with Crippen LogP contribution in [0.15, 0.2) is 53.4 Å². The number of sulfonamides is 1. The number of rotatable bonds is 9. The van der Waals surface area contributed by atoms with Gasteiger partial charge in [-0.2, -0.15) is 0 Å². The van der Waals surface area contributed by atoms with E-state index in [4.69, 9.17) is 9.47 Å². The Morgan fingerprint density at radius 2 is 1.59 bits per heavy atom. The van der Waals surface area contributed by atoms with Gasteiger partial charge in [0.05, 0.1) is 19.1 Å². The maximum Gasteiger partial charge on any atom is 0.315 e. The second kappa shape index (κ2) is 11.2. The normalized spacial score (nSPS) is 18.6. The summed E-state index contributed by atoms with van der Waals surface area (Å²) < 4.78 is 38.7. The van der Waals surface area contributed by atoms with Gasteiger partial charge in [-0.3, -0.25) is 0 Å². The maximum atomic E-state index is 12.8. The minimum absolute atomic E-state index is 0.0357. The number of carbonyl (C=O) groups is 1. The van der Waals surface area contributed by atoms with Crippen molar-refractivity contribution < 1.29 is 22.7 Å². The Labute approximate surface area is 189 Å². The lowest BCUT2D eigenvalue weighted by Gasteiger charge is -2.29. The van der Waals surface area contributed by atoms with Crippen molar-refractivity contribution in [2.24, 2.45) is 0 Å². The molecule has 3 N–H and O–H groups in total. The van der Waals surface area contributed by atoms with Crippen LogP contribution in [0, 0.1) is 0 Å². The van der Waals surface area contributed by atoms with Gasteiger partial charge in [0.2, 0.25) is 10.0 Å². The first kappa shape index (κ1) is 23.9. The predicted octanol–water partition coefficient (Wildman–Crippen LogP) is 2.84. The molecular formula is C23H31N3O5S. The summed E-state index contributed by atoms with van der Waals surface area (Å²) in [6.07, 6.45) is 3.51. The molecule has 0 atom stereocenters. The summed E-state index contributed by atoms with van der Waals surface area (Å²) in [5.41, 5.74) is 1.18. The molecule has 0 aliphatic heterocycles. The molecule has 0 bridgehead atoms. The van der Waals surface area contributed by atoms with Crippen LogP contribution in [-0.4, -0.2) is 47.3 Å². The van der Waals surface area contributed by atoms with E-state index in [0.717, 1.165) is 6.42 Å². The fourth-order valence-electron chi connectivity index (χ4n) is 3.83. The van der Waals surface area contributed by atoms with Crippen molar-refractivity contribution in [1.29, 1.82) is 0 Å². The Hall–Kier alpha value is -2.78. The number of urea groups is 1. The molecule has 0 aromatic heterocycles. The first-order valence-corrected chi connectivity index (χ1v) is 12.2. The Bertz CT molecular complexity index is 990. The molecule has 2 amide bonds. The average molecular weight is 462 g/mol. The minimum Gasteiger partial charge on any atom is -0.493 e. The van der Waals surface area contributed by atoms with Gasteiger partial charge in [0, 0.05) is 24.7 Å². The van der Waals surface area contributed by atoms with E-state index in [1.54, 1.807) is 6.07 Å². The first-order valence-electron chi connectivity index (χ1n) is 10.7. The monoisotopic (exact) mass is 461 g/mol. The Balaban J connectivity index is 1.43. The number of ether oxygens (including phenoxy) is 2. The average Bonchev–Trinajstić information content (AvgIpc) is 2.80. The van der Waals surface area contributed by atoms with E-state index >= 15 is 0 Å². The summed E-state index contributed by atoms with van der Waals surface area (Å²) in [6.45, 7) is 0.566. The SMILES string of the molecule is COc1ccc(S(=O)(=O)NC2CCC(NC(=O)NCCc3ccccc3)CC2)cc1OC. The van der Waals surface area contributed by atoms with Crippen LogP contribution in [0.2, 0.25) is 0 Å². The number of amides is 2. The lowest BCUT2D eigenvalue weighted by molar-refractivity contribution is 0.230. The molecular weight excluding hydrogens is 430 g/mol. The summed E-state index contributed by atoms with van der Waals surface area (Å²) in [4.78, 5) is 12.3. The van der Waals surface area contributed by atoms with Crippen LogP contribution in [0.1, 0.15) is 31.2 Å². The number of benzene rings is 2. The topological polar surface area (TPSA) is 106 Å². The molecule has 0 heterocycles. The molecule has 0 radical (unpaired) electrons. The fraction of sp³-hybridized carbons (Fsp3) is 0.435. The van der Waals surface area contributed by atoms with Gasteiger partial charge >= 0.3 is 6.03 Å². The molecule has 3 rings (SSSR count). The Morgan fingerprint density at radius 3 is 2.25 bits per heavy atom. The smallest absolute Gasteiger partial charge is 0.315 e. The zero-order chi connectivity index (χ0) is 23.0. The molecule has 1 aliphatic rings. The van der Waals surface area contributed by atoms with Crippen LogP contribution in [0.4, 0.5) is 4.79 Å². The highest BCUT2D eigenvalue weighted by atomic mass is 32.2. The van der Waals surface area contributed by atoms with E-state index in [2.05, 4.69) is 15.4 Å². The van der Waals surface area contributed by atoms with Gasteiger partial charge in [-0.1, -0.05) is 30.3 Å². The van der Waals surface area contributed by atoms with Crippen LogP contribution in [-0.2, 0) is 16.4 Å². The molecule has 1 saturated carbocycles. The van der Waals surface area contributed by atoms with Gasteiger partial charge in [0.1, 0.15) is 0 Å². The summed E-state index contributed by atoms with van der Waals surface area (Å²) in [5, 5.41) is 5.88. The summed E-state index contributed by atoms with van der Waals surface area (Å²) in [7, 11) is -0.715. The lowest BCUT2D eigenvalue weighted by atomic mass is 9.92.